The molecule has 0 spiro atoms. The standard InChI is InChI=1S/C5H10N2O/c6-3-1-5(8)2-4-7/h1,3H,2,4,6-7H2/b3-1-. The number of rotatable bonds is 3. The van der Waals surface area contributed by atoms with E-state index in [1.165, 1.54) is 12.3 Å². The Balaban J connectivity index is 3.33. The first-order chi connectivity index (χ1) is 3.81. The molecule has 4 N–H and O–H groups in total. The molecule has 8 heavy (non-hydrogen) atoms. The van der Waals surface area contributed by atoms with Crippen molar-refractivity contribution < 1.29 is 4.79 Å². The van der Waals surface area contributed by atoms with Gasteiger partial charge in [-0.1, -0.05) is 0 Å². The van der Waals surface area contributed by atoms with Crippen LogP contribution in [0.15, 0.2) is 12.3 Å². The Bertz CT molecular complexity index is 98.6. The van der Waals surface area contributed by atoms with Crippen molar-refractivity contribution in [2.24, 2.45) is 11.5 Å². The molecule has 0 fully saturated rings. The highest BCUT2D eigenvalue weighted by atomic mass is 16.1. The second-order valence-electron chi connectivity index (χ2n) is 1.36. The molecule has 3 nitrogen and oxygen atoms in total. The van der Waals surface area contributed by atoms with Crippen LogP contribution in [0.25, 0.3) is 0 Å². The molecule has 0 aliphatic heterocycles. The highest BCUT2D eigenvalue weighted by Crippen LogP contribution is 1.78. The minimum Gasteiger partial charge on any atom is -0.404 e. The lowest BCUT2D eigenvalue weighted by molar-refractivity contribution is -0.114. The molecule has 0 aliphatic carbocycles. The molecule has 0 bridgehead atoms. The average molecular weight is 114 g/mol. The number of allylic oxidation sites excluding steroid dienone is 1. The van der Waals surface area contributed by atoms with E-state index < -0.39 is 0 Å². The van der Waals surface area contributed by atoms with Gasteiger partial charge in [-0.3, -0.25) is 4.79 Å². The summed E-state index contributed by atoms with van der Waals surface area (Å²) in [6.45, 7) is 0.392. The normalized spacial score (nSPS) is 10.1. The van der Waals surface area contributed by atoms with Crippen LogP contribution in [-0.2, 0) is 4.79 Å². The van der Waals surface area contributed by atoms with E-state index >= 15 is 0 Å². The third-order valence-corrected chi connectivity index (χ3v) is 0.673. The number of hydrogen-bond acceptors (Lipinski definition) is 3. The molecule has 0 aromatic rings. The lowest BCUT2D eigenvalue weighted by atomic mass is 10.3. The Hall–Kier alpha value is -0.830. The summed E-state index contributed by atoms with van der Waals surface area (Å²) < 4.78 is 0. The first kappa shape index (κ1) is 7.17. The van der Waals surface area contributed by atoms with E-state index in [0.717, 1.165) is 0 Å². The van der Waals surface area contributed by atoms with Gasteiger partial charge >= 0.3 is 0 Å². The Morgan fingerprint density at radius 3 is 2.62 bits per heavy atom. The second kappa shape index (κ2) is 4.33. The predicted molar refractivity (Wildman–Crippen MR) is 32.0 cm³/mol. The summed E-state index contributed by atoms with van der Waals surface area (Å²) in [5.74, 6) is -0.0185. The van der Waals surface area contributed by atoms with E-state index in [2.05, 4.69) is 0 Å². The molecule has 0 radical (unpaired) electrons. The molecule has 0 aliphatic rings. The van der Waals surface area contributed by atoms with Gasteiger partial charge in [0, 0.05) is 6.42 Å². The monoisotopic (exact) mass is 114 g/mol. The minimum absolute atomic E-state index is 0.0185. The van der Waals surface area contributed by atoms with Crippen LogP contribution in [0.1, 0.15) is 6.42 Å². The van der Waals surface area contributed by atoms with Crippen LogP contribution in [0.4, 0.5) is 0 Å². The zero-order chi connectivity index (χ0) is 6.41. The average Bonchev–Trinajstić information content (AvgIpc) is 1.68. The van der Waals surface area contributed by atoms with Crippen molar-refractivity contribution in [3.8, 4) is 0 Å². The van der Waals surface area contributed by atoms with E-state index in [0.29, 0.717) is 13.0 Å². The molecular formula is C5H10N2O. The Kier molecular flexibility index (Phi) is 3.88. The summed E-state index contributed by atoms with van der Waals surface area (Å²) in [5, 5.41) is 0. The lowest BCUT2D eigenvalue weighted by Gasteiger charge is -1.85. The highest BCUT2D eigenvalue weighted by molar-refractivity contribution is 5.89. The molecule has 0 rings (SSSR count). The molecule has 0 aromatic heterocycles. The topological polar surface area (TPSA) is 69.1 Å². The van der Waals surface area contributed by atoms with E-state index in [4.69, 9.17) is 11.5 Å². The smallest absolute Gasteiger partial charge is 0.158 e. The summed E-state index contributed by atoms with van der Waals surface area (Å²) in [5.41, 5.74) is 9.98. The molecular weight excluding hydrogens is 104 g/mol. The summed E-state index contributed by atoms with van der Waals surface area (Å²) >= 11 is 0. The summed E-state index contributed by atoms with van der Waals surface area (Å²) in [4.78, 5) is 10.4. The van der Waals surface area contributed by atoms with Crippen LogP contribution in [-0.4, -0.2) is 12.3 Å². The van der Waals surface area contributed by atoms with Crippen molar-refractivity contribution >= 4 is 5.78 Å². The lowest BCUT2D eigenvalue weighted by Crippen LogP contribution is -2.05. The van der Waals surface area contributed by atoms with Gasteiger partial charge in [-0.05, 0) is 18.8 Å². The molecule has 3 heteroatoms. The van der Waals surface area contributed by atoms with Crippen molar-refractivity contribution in [3.63, 3.8) is 0 Å². The van der Waals surface area contributed by atoms with Gasteiger partial charge in [0.05, 0.1) is 0 Å². The van der Waals surface area contributed by atoms with Gasteiger partial charge in [-0.2, -0.15) is 0 Å². The van der Waals surface area contributed by atoms with Crippen LogP contribution in [0.2, 0.25) is 0 Å². The van der Waals surface area contributed by atoms with E-state index in [1.807, 2.05) is 0 Å². The van der Waals surface area contributed by atoms with Gasteiger partial charge in [0.25, 0.3) is 0 Å². The van der Waals surface area contributed by atoms with Crippen LogP contribution < -0.4 is 11.5 Å². The number of nitrogens with two attached hydrogens (primary N) is 2. The van der Waals surface area contributed by atoms with E-state index in [9.17, 15) is 4.79 Å². The quantitative estimate of drug-likeness (QED) is 0.480. The van der Waals surface area contributed by atoms with Gasteiger partial charge in [-0.25, -0.2) is 0 Å². The third-order valence-electron chi connectivity index (χ3n) is 0.673. The fourth-order valence-electron chi connectivity index (χ4n) is 0.333. The number of carbonyl (C=O) groups is 1. The largest absolute Gasteiger partial charge is 0.404 e. The minimum atomic E-state index is -0.0185. The van der Waals surface area contributed by atoms with E-state index in [-0.39, 0.29) is 5.78 Å². The van der Waals surface area contributed by atoms with Gasteiger partial charge in [0.1, 0.15) is 0 Å². The molecule has 0 saturated heterocycles. The first-order valence-corrected chi connectivity index (χ1v) is 2.42. The molecule has 0 atom stereocenters. The Morgan fingerprint density at radius 2 is 2.25 bits per heavy atom. The second-order valence-corrected chi connectivity index (χ2v) is 1.36. The van der Waals surface area contributed by atoms with Crippen molar-refractivity contribution in [1.29, 1.82) is 0 Å². The molecule has 46 valence electrons. The van der Waals surface area contributed by atoms with Crippen molar-refractivity contribution in [3.05, 3.63) is 12.3 Å². The van der Waals surface area contributed by atoms with Gasteiger partial charge < -0.3 is 11.5 Å². The van der Waals surface area contributed by atoms with Crippen LogP contribution in [0, 0.1) is 0 Å². The van der Waals surface area contributed by atoms with E-state index in [1.54, 1.807) is 0 Å². The van der Waals surface area contributed by atoms with Crippen molar-refractivity contribution in [2.45, 2.75) is 6.42 Å². The first-order valence-electron chi connectivity index (χ1n) is 2.42. The molecule has 0 aromatic carbocycles. The van der Waals surface area contributed by atoms with Crippen molar-refractivity contribution in [1.82, 2.24) is 0 Å². The van der Waals surface area contributed by atoms with Gasteiger partial charge in [0.15, 0.2) is 5.78 Å². The molecule has 0 heterocycles. The zero-order valence-corrected chi connectivity index (χ0v) is 4.63. The number of ketones is 1. The molecule has 0 amide bonds. The summed E-state index contributed by atoms with van der Waals surface area (Å²) in [6.07, 6.45) is 2.92. The summed E-state index contributed by atoms with van der Waals surface area (Å²) in [6, 6.07) is 0. The van der Waals surface area contributed by atoms with Crippen LogP contribution in [0.3, 0.4) is 0 Å². The molecule has 0 saturated carbocycles. The number of hydrogen-bond donors (Lipinski definition) is 2. The van der Waals surface area contributed by atoms with Crippen LogP contribution in [0.5, 0.6) is 0 Å². The van der Waals surface area contributed by atoms with Crippen molar-refractivity contribution in [2.75, 3.05) is 6.54 Å². The van der Waals surface area contributed by atoms with Gasteiger partial charge in [0.2, 0.25) is 0 Å². The SMILES string of the molecule is N/C=C\C(=O)CCN. The maximum atomic E-state index is 10.4. The summed E-state index contributed by atoms with van der Waals surface area (Å²) in [7, 11) is 0. The molecule has 0 unspecified atom stereocenters. The predicted octanol–water partition coefficient (Wildman–Crippen LogP) is -0.623. The van der Waals surface area contributed by atoms with Crippen LogP contribution >= 0.6 is 0 Å². The Morgan fingerprint density at radius 1 is 1.62 bits per heavy atom. The highest BCUT2D eigenvalue weighted by Gasteiger charge is 1.89. The van der Waals surface area contributed by atoms with Gasteiger partial charge in [-0.15, -0.1) is 0 Å². The maximum Gasteiger partial charge on any atom is 0.158 e. The fourth-order valence-corrected chi connectivity index (χ4v) is 0.333. The zero-order valence-electron chi connectivity index (χ0n) is 4.63. The fraction of sp³-hybridized carbons (Fsp3) is 0.400. The number of carbonyl (C=O) groups excluding carboxylic acids is 1. The maximum absolute atomic E-state index is 10.4. The Labute approximate surface area is 48.4 Å². The third kappa shape index (κ3) is 3.36.